The molecule has 0 spiro atoms. The summed E-state index contributed by atoms with van der Waals surface area (Å²) in [5, 5.41) is 20.7. The fourth-order valence-corrected chi connectivity index (χ4v) is 7.33. The van der Waals surface area contributed by atoms with E-state index in [2.05, 4.69) is 15.6 Å². The molecule has 0 unspecified atom stereocenters. The van der Waals surface area contributed by atoms with Crippen molar-refractivity contribution in [1.82, 2.24) is 15.0 Å². The van der Waals surface area contributed by atoms with Gasteiger partial charge in [0.15, 0.2) is 5.82 Å². The highest BCUT2D eigenvalue weighted by atomic mass is 32.1. The van der Waals surface area contributed by atoms with Crippen LogP contribution in [-0.4, -0.2) is 32.2 Å². The minimum atomic E-state index is -1.09. The molecule has 0 bridgehead atoms. The van der Waals surface area contributed by atoms with E-state index in [0.29, 0.717) is 24.4 Å². The fourth-order valence-electron chi connectivity index (χ4n) is 4.86. The molecule has 1 amide bonds. The minimum Gasteiger partial charge on any atom is -0.481 e. The van der Waals surface area contributed by atoms with E-state index in [1.807, 2.05) is 49.4 Å². The van der Waals surface area contributed by atoms with Crippen molar-refractivity contribution < 1.29 is 23.8 Å². The molecule has 2 aromatic carbocycles. The number of thiophene rings is 2. The summed E-state index contributed by atoms with van der Waals surface area (Å²) in [5.74, 6) is -1.04. The van der Waals surface area contributed by atoms with Crippen LogP contribution < -0.4 is 5.32 Å². The van der Waals surface area contributed by atoms with E-state index in [0.717, 1.165) is 35.8 Å². The Bertz CT molecular complexity index is 1740. The van der Waals surface area contributed by atoms with Gasteiger partial charge in [0.2, 0.25) is 0 Å². The number of carbonyl (C=O) groups is 2. The van der Waals surface area contributed by atoms with Crippen molar-refractivity contribution in [2.24, 2.45) is 7.05 Å². The average Bonchev–Trinajstić information content (AvgIpc) is 3.34. The number of anilines is 1. The third kappa shape index (κ3) is 4.54. The first-order valence-electron chi connectivity index (χ1n) is 12.7. The number of ether oxygens (including phenoxy) is 1. The summed E-state index contributed by atoms with van der Waals surface area (Å²) < 4.78 is 24.1. The Kier molecular flexibility index (Phi) is 6.42. The molecule has 1 aliphatic rings. The Hall–Kier alpha value is -4.09. The number of hydrogen-bond donors (Lipinski definition) is 2. The normalized spacial score (nSPS) is 14.7. The van der Waals surface area contributed by atoms with E-state index >= 15 is 4.39 Å². The van der Waals surface area contributed by atoms with Crippen molar-refractivity contribution in [3.05, 3.63) is 77.1 Å². The zero-order valence-corrected chi connectivity index (χ0v) is 23.5. The molecule has 1 fully saturated rings. The predicted octanol–water partition coefficient (Wildman–Crippen LogP) is 7.30. The number of nitrogens with one attached hydrogen (secondary N) is 1. The van der Waals surface area contributed by atoms with Crippen LogP contribution >= 0.6 is 22.7 Å². The van der Waals surface area contributed by atoms with Gasteiger partial charge in [-0.25, -0.2) is 13.9 Å². The quantitative estimate of drug-likeness (QED) is 0.211. The van der Waals surface area contributed by atoms with Crippen molar-refractivity contribution >= 4 is 50.0 Å². The number of carboxylic acids is 1. The Morgan fingerprint density at radius 1 is 1.10 bits per heavy atom. The molecule has 11 heteroatoms. The first-order valence-corrected chi connectivity index (χ1v) is 14.3. The molecule has 2 N–H and O–H groups in total. The van der Waals surface area contributed by atoms with Crippen LogP contribution in [0.1, 0.15) is 42.6 Å². The number of hydrogen-bond acceptors (Lipinski definition) is 7. The Morgan fingerprint density at radius 2 is 1.77 bits per heavy atom. The maximum atomic E-state index is 15.1. The highest BCUT2D eigenvalue weighted by Gasteiger charge is 2.53. The highest BCUT2D eigenvalue weighted by molar-refractivity contribution is 7.31. The average molecular weight is 577 g/mol. The molecule has 6 rings (SSSR count). The monoisotopic (exact) mass is 576 g/mol. The number of nitrogens with zero attached hydrogens (tertiary/aromatic N) is 3. The van der Waals surface area contributed by atoms with Gasteiger partial charge in [0, 0.05) is 26.9 Å². The maximum Gasteiger partial charge on any atom is 0.413 e. The molecular weight excluding hydrogens is 551 g/mol. The van der Waals surface area contributed by atoms with Gasteiger partial charge in [-0.2, -0.15) is 0 Å². The van der Waals surface area contributed by atoms with Crippen LogP contribution in [-0.2, 0) is 22.0 Å². The number of fused-ring (bicyclic) bond motifs is 1. The first-order chi connectivity index (χ1) is 19.2. The van der Waals surface area contributed by atoms with Gasteiger partial charge in [-0.05, 0) is 61.6 Å². The number of rotatable bonds is 7. The van der Waals surface area contributed by atoms with Crippen molar-refractivity contribution in [3.8, 4) is 21.0 Å². The second-order valence-electron chi connectivity index (χ2n) is 9.98. The minimum absolute atomic E-state index is 0.265. The number of halogens is 1. The fraction of sp³-hybridized carbons (Fsp3) is 0.241. The highest BCUT2D eigenvalue weighted by Crippen LogP contribution is 2.51. The van der Waals surface area contributed by atoms with E-state index in [9.17, 15) is 14.7 Å². The predicted molar refractivity (Wildman–Crippen MR) is 153 cm³/mol. The van der Waals surface area contributed by atoms with Gasteiger partial charge in [-0.1, -0.05) is 41.6 Å². The third-order valence-corrected chi connectivity index (χ3v) is 9.63. The van der Waals surface area contributed by atoms with Crippen molar-refractivity contribution in [2.75, 3.05) is 5.32 Å². The number of aromatic nitrogens is 3. The molecule has 3 heterocycles. The lowest BCUT2D eigenvalue weighted by Gasteiger charge is -2.14. The lowest BCUT2D eigenvalue weighted by molar-refractivity contribution is -0.140. The zero-order chi connectivity index (χ0) is 28.2. The van der Waals surface area contributed by atoms with Gasteiger partial charge in [0.05, 0.1) is 10.3 Å². The van der Waals surface area contributed by atoms with Gasteiger partial charge in [0.1, 0.15) is 17.6 Å². The standard InChI is InChI=1S/C29H25FN4O4S2/c1-15-11-19(29(9-10-29)27(35)36)20(30)12-18(15)21-13-22-23(39-21)14-24(40-22)25-26(34(3)33-32-25)31-28(37)38-16(2)17-7-5-4-6-8-17/h4-8,11-14,16H,9-10H2,1-3H3,(H,31,37)(H,35,36)/t16-/m1/s1. The molecule has 1 saturated carbocycles. The molecule has 1 aliphatic carbocycles. The van der Waals surface area contributed by atoms with E-state index < -0.39 is 29.4 Å². The second kappa shape index (κ2) is 9.83. The maximum absolute atomic E-state index is 15.1. The molecule has 3 aromatic heterocycles. The molecule has 0 radical (unpaired) electrons. The van der Waals surface area contributed by atoms with Gasteiger partial charge in [0.25, 0.3) is 0 Å². The summed E-state index contributed by atoms with van der Waals surface area (Å²) in [4.78, 5) is 26.1. The summed E-state index contributed by atoms with van der Waals surface area (Å²) in [7, 11) is 1.69. The molecule has 1 atom stereocenters. The Morgan fingerprint density at radius 3 is 2.45 bits per heavy atom. The van der Waals surface area contributed by atoms with E-state index in [4.69, 9.17) is 4.74 Å². The van der Waals surface area contributed by atoms with Crippen LogP contribution in [0.2, 0.25) is 0 Å². The number of benzene rings is 2. The van der Waals surface area contributed by atoms with Crippen molar-refractivity contribution in [3.63, 3.8) is 0 Å². The summed E-state index contributed by atoms with van der Waals surface area (Å²) in [5.41, 5.74) is 2.16. The number of aryl methyl sites for hydroxylation is 2. The number of amides is 1. The number of aliphatic carboxylic acids is 1. The summed E-state index contributed by atoms with van der Waals surface area (Å²) in [6, 6.07) is 16.6. The molecule has 0 saturated heterocycles. The van der Waals surface area contributed by atoms with Crippen LogP contribution in [0.25, 0.3) is 30.4 Å². The lowest BCUT2D eigenvalue weighted by Crippen LogP contribution is -2.21. The van der Waals surface area contributed by atoms with Crippen LogP contribution in [0.5, 0.6) is 0 Å². The van der Waals surface area contributed by atoms with Crippen LogP contribution in [0.15, 0.2) is 54.6 Å². The van der Waals surface area contributed by atoms with Gasteiger partial charge < -0.3 is 9.84 Å². The van der Waals surface area contributed by atoms with Crippen LogP contribution in [0, 0.1) is 12.7 Å². The molecule has 204 valence electrons. The summed E-state index contributed by atoms with van der Waals surface area (Å²) >= 11 is 3.01. The van der Waals surface area contributed by atoms with E-state index in [1.165, 1.54) is 33.4 Å². The number of carbonyl (C=O) groups excluding carboxylic acids is 1. The SMILES string of the molecule is Cc1cc(C2(C(=O)O)CC2)c(F)cc1-c1cc2sc(-c3nnn(C)c3NC(=O)O[C@H](C)c3ccccc3)cc2s1. The van der Waals surface area contributed by atoms with Crippen molar-refractivity contribution in [1.29, 1.82) is 0 Å². The molecule has 40 heavy (non-hydrogen) atoms. The van der Waals surface area contributed by atoms with Crippen LogP contribution in [0.3, 0.4) is 0 Å². The van der Waals surface area contributed by atoms with Crippen molar-refractivity contribution in [2.45, 2.75) is 38.2 Å². The van der Waals surface area contributed by atoms with E-state index in [1.54, 1.807) is 20.0 Å². The largest absolute Gasteiger partial charge is 0.481 e. The smallest absolute Gasteiger partial charge is 0.413 e. The third-order valence-electron chi connectivity index (χ3n) is 7.29. The zero-order valence-electron chi connectivity index (χ0n) is 21.9. The number of carboxylic acid groups (broad SMARTS) is 1. The van der Waals surface area contributed by atoms with Crippen LogP contribution in [0.4, 0.5) is 15.0 Å². The molecule has 8 nitrogen and oxygen atoms in total. The Labute approximate surface area is 237 Å². The Balaban J connectivity index is 1.24. The molecule has 0 aliphatic heterocycles. The van der Waals surface area contributed by atoms with Gasteiger partial charge >= 0.3 is 12.1 Å². The van der Waals surface area contributed by atoms with Gasteiger partial charge in [-0.15, -0.1) is 27.8 Å². The van der Waals surface area contributed by atoms with Gasteiger partial charge in [-0.3, -0.25) is 10.1 Å². The van der Waals surface area contributed by atoms with E-state index in [-0.39, 0.29) is 5.56 Å². The summed E-state index contributed by atoms with van der Waals surface area (Å²) in [6.07, 6.45) is -0.130. The first kappa shape index (κ1) is 26.1. The topological polar surface area (TPSA) is 106 Å². The second-order valence-corrected chi connectivity index (χ2v) is 12.1. The summed E-state index contributed by atoms with van der Waals surface area (Å²) in [6.45, 7) is 3.68. The lowest BCUT2D eigenvalue weighted by atomic mass is 9.91. The molecule has 5 aromatic rings. The molecular formula is C29H25FN4O4S2.